The molecular weight excluding hydrogens is 558 g/mol. The van der Waals surface area contributed by atoms with Crippen LogP contribution in [-0.4, -0.2) is 43.0 Å². The number of nitrogens with zero attached hydrogens (tertiary/aromatic N) is 3. The minimum atomic E-state index is -0.364. The van der Waals surface area contributed by atoms with Gasteiger partial charge in [0.15, 0.2) is 5.76 Å². The molecule has 0 spiro atoms. The van der Waals surface area contributed by atoms with Gasteiger partial charge in [-0.3, -0.25) is 9.59 Å². The second-order valence-corrected chi connectivity index (χ2v) is 11.5. The van der Waals surface area contributed by atoms with E-state index in [1.165, 1.54) is 17.5 Å². The van der Waals surface area contributed by atoms with Crippen molar-refractivity contribution in [2.45, 2.75) is 20.4 Å². The van der Waals surface area contributed by atoms with Crippen LogP contribution in [0.4, 0.5) is 17.1 Å². The average Bonchev–Trinajstić information content (AvgIpc) is 3.73. The molecule has 0 unspecified atom stereocenters. The quantitative estimate of drug-likeness (QED) is 0.213. The Balaban J connectivity index is 1.19. The molecule has 0 atom stereocenters. The first-order valence-electron chi connectivity index (χ1n) is 14.3. The lowest BCUT2D eigenvalue weighted by molar-refractivity contribution is 0.0949. The van der Waals surface area contributed by atoms with Crippen LogP contribution >= 0.6 is 11.3 Å². The van der Waals surface area contributed by atoms with Gasteiger partial charge in [0.2, 0.25) is 0 Å². The van der Waals surface area contributed by atoms with Crippen molar-refractivity contribution in [3.8, 4) is 10.6 Å². The molecule has 2 N–H and O–H groups in total. The van der Waals surface area contributed by atoms with E-state index in [-0.39, 0.29) is 17.6 Å². The Morgan fingerprint density at radius 3 is 2.37 bits per heavy atom. The SMILES string of the molecule is Cc1csc(-c2cccc(CNC(=O)c3ccc(N4CCN(c5ccccc5C)CC4)c(NC(=O)c4ccco4)c3)c2)n1. The Hall–Kier alpha value is -4.89. The second kappa shape index (κ2) is 12.5. The minimum Gasteiger partial charge on any atom is -0.459 e. The molecule has 218 valence electrons. The highest BCUT2D eigenvalue weighted by atomic mass is 32.1. The molecule has 3 aromatic carbocycles. The number of furan rings is 1. The lowest BCUT2D eigenvalue weighted by atomic mass is 10.1. The third-order valence-electron chi connectivity index (χ3n) is 7.57. The topological polar surface area (TPSA) is 90.7 Å². The predicted molar refractivity (Wildman–Crippen MR) is 172 cm³/mol. The number of carbonyl (C=O) groups excluding carboxylic acids is 2. The highest BCUT2D eigenvalue weighted by Crippen LogP contribution is 2.31. The number of piperazine rings is 1. The summed E-state index contributed by atoms with van der Waals surface area (Å²) in [6.07, 6.45) is 1.47. The van der Waals surface area contributed by atoms with E-state index >= 15 is 0 Å². The molecule has 5 aromatic rings. The van der Waals surface area contributed by atoms with Gasteiger partial charge in [-0.15, -0.1) is 11.3 Å². The Bertz CT molecular complexity index is 1740. The van der Waals surface area contributed by atoms with Crippen LogP contribution in [0.1, 0.15) is 37.7 Å². The molecule has 0 bridgehead atoms. The summed E-state index contributed by atoms with van der Waals surface area (Å²) >= 11 is 1.60. The first-order valence-corrected chi connectivity index (χ1v) is 15.2. The van der Waals surface area contributed by atoms with E-state index in [2.05, 4.69) is 56.6 Å². The Labute approximate surface area is 255 Å². The third kappa shape index (κ3) is 6.47. The van der Waals surface area contributed by atoms with Crippen LogP contribution in [0, 0.1) is 13.8 Å². The number of nitrogens with one attached hydrogen (secondary N) is 2. The number of hydrogen-bond donors (Lipinski definition) is 2. The second-order valence-electron chi connectivity index (χ2n) is 10.6. The highest BCUT2D eigenvalue weighted by molar-refractivity contribution is 7.13. The van der Waals surface area contributed by atoms with Crippen LogP contribution in [0.3, 0.4) is 0 Å². The van der Waals surface area contributed by atoms with Crippen LogP contribution in [0.25, 0.3) is 10.6 Å². The zero-order valence-electron chi connectivity index (χ0n) is 24.2. The summed E-state index contributed by atoms with van der Waals surface area (Å²) < 4.78 is 5.32. The van der Waals surface area contributed by atoms with E-state index in [9.17, 15) is 9.59 Å². The summed E-state index contributed by atoms with van der Waals surface area (Å²) in [4.78, 5) is 35.5. The Kier molecular flexibility index (Phi) is 8.24. The number of rotatable bonds is 8. The van der Waals surface area contributed by atoms with Crippen LogP contribution in [-0.2, 0) is 6.54 Å². The van der Waals surface area contributed by atoms with Gasteiger partial charge in [-0.25, -0.2) is 4.98 Å². The fraction of sp³-hybridized carbons (Fsp3) is 0.206. The highest BCUT2D eigenvalue weighted by Gasteiger charge is 2.23. The van der Waals surface area contributed by atoms with Crippen molar-refractivity contribution >= 4 is 40.2 Å². The van der Waals surface area contributed by atoms with Crippen molar-refractivity contribution in [3.63, 3.8) is 0 Å². The van der Waals surface area contributed by atoms with E-state index in [4.69, 9.17) is 4.42 Å². The zero-order valence-corrected chi connectivity index (χ0v) is 25.0. The molecule has 8 nitrogen and oxygen atoms in total. The zero-order chi connectivity index (χ0) is 29.8. The van der Waals surface area contributed by atoms with Crippen molar-refractivity contribution in [1.82, 2.24) is 10.3 Å². The number of anilines is 3. The van der Waals surface area contributed by atoms with Crippen molar-refractivity contribution in [3.05, 3.63) is 119 Å². The number of carbonyl (C=O) groups is 2. The average molecular weight is 592 g/mol. The van der Waals surface area contributed by atoms with Crippen LogP contribution < -0.4 is 20.4 Å². The molecule has 0 aliphatic carbocycles. The molecule has 1 saturated heterocycles. The van der Waals surface area contributed by atoms with Crippen LogP contribution in [0.15, 0.2) is 94.9 Å². The number of para-hydroxylation sites is 1. The molecule has 2 amide bonds. The van der Waals surface area contributed by atoms with Gasteiger partial charge in [0.05, 0.1) is 17.6 Å². The summed E-state index contributed by atoms with van der Waals surface area (Å²) in [6, 6.07) is 25.2. The molecule has 9 heteroatoms. The van der Waals surface area contributed by atoms with Gasteiger partial charge in [-0.2, -0.15) is 0 Å². The normalized spacial score (nSPS) is 13.2. The standard InChI is InChI=1S/C34H33N5O3S/c1-23-7-3-4-10-29(23)38-14-16-39(17-15-38)30-13-12-26(20-28(30)37-33(41)31-11-6-18-42-31)32(40)35-21-25-8-5-9-27(19-25)34-36-24(2)22-43-34/h3-13,18-20,22H,14-17,21H2,1-2H3,(H,35,40)(H,37,41). The molecule has 6 rings (SSSR count). The summed E-state index contributed by atoms with van der Waals surface area (Å²) in [6.45, 7) is 7.72. The maximum Gasteiger partial charge on any atom is 0.291 e. The fourth-order valence-electron chi connectivity index (χ4n) is 5.34. The summed E-state index contributed by atoms with van der Waals surface area (Å²) in [5.41, 5.74) is 7.39. The lowest BCUT2D eigenvalue weighted by Crippen LogP contribution is -2.47. The first-order chi connectivity index (χ1) is 20.9. The van der Waals surface area contributed by atoms with Crippen LogP contribution in [0.5, 0.6) is 0 Å². The van der Waals surface area contributed by atoms with Gasteiger partial charge < -0.3 is 24.9 Å². The van der Waals surface area contributed by atoms with Crippen molar-refractivity contribution < 1.29 is 14.0 Å². The monoisotopic (exact) mass is 591 g/mol. The van der Waals surface area contributed by atoms with Gasteiger partial charge in [0, 0.05) is 60.6 Å². The number of aryl methyl sites for hydroxylation is 2. The van der Waals surface area contributed by atoms with Gasteiger partial charge in [-0.1, -0.05) is 36.4 Å². The molecule has 2 aromatic heterocycles. The number of aromatic nitrogens is 1. The maximum absolute atomic E-state index is 13.3. The molecule has 1 aliphatic rings. The minimum absolute atomic E-state index is 0.209. The molecule has 3 heterocycles. The molecule has 43 heavy (non-hydrogen) atoms. The maximum atomic E-state index is 13.3. The summed E-state index contributed by atoms with van der Waals surface area (Å²) in [5.74, 6) is -0.378. The predicted octanol–water partition coefficient (Wildman–Crippen LogP) is 6.53. The van der Waals surface area contributed by atoms with E-state index < -0.39 is 0 Å². The summed E-state index contributed by atoms with van der Waals surface area (Å²) in [5, 5.41) is 9.00. The number of amides is 2. The number of hydrogen-bond acceptors (Lipinski definition) is 7. The molecule has 0 radical (unpaired) electrons. The summed E-state index contributed by atoms with van der Waals surface area (Å²) in [7, 11) is 0. The van der Waals surface area contributed by atoms with Gasteiger partial charge in [-0.05, 0) is 67.4 Å². The fourth-order valence-corrected chi connectivity index (χ4v) is 6.13. The largest absolute Gasteiger partial charge is 0.459 e. The smallest absolute Gasteiger partial charge is 0.291 e. The van der Waals surface area contributed by atoms with E-state index in [0.29, 0.717) is 17.8 Å². The van der Waals surface area contributed by atoms with Crippen molar-refractivity contribution in [2.24, 2.45) is 0 Å². The van der Waals surface area contributed by atoms with E-state index in [1.807, 2.05) is 48.7 Å². The molecule has 1 aliphatic heterocycles. The van der Waals surface area contributed by atoms with E-state index in [1.54, 1.807) is 29.5 Å². The van der Waals surface area contributed by atoms with Crippen molar-refractivity contribution in [2.75, 3.05) is 41.3 Å². The van der Waals surface area contributed by atoms with E-state index in [0.717, 1.165) is 53.7 Å². The van der Waals surface area contributed by atoms with Crippen molar-refractivity contribution in [1.29, 1.82) is 0 Å². The lowest BCUT2D eigenvalue weighted by Gasteiger charge is -2.38. The first kappa shape index (κ1) is 28.2. The van der Waals surface area contributed by atoms with Gasteiger partial charge in [0.1, 0.15) is 5.01 Å². The third-order valence-corrected chi connectivity index (χ3v) is 8.58. The molecule has 1 fully saturated rings. The Morgan fingerprint density at radius 1 is 0.860 bits per heavy atom. The number of benzene rings is 3. The molecule has 0 saturated carbocycles. The van der Waals surface area contributed by atoms with Gasteiger partial charge >= 0.3 is 0 Å². The molecular formula is C34H33N5O3S. The van der Waals surface area contributed by atoms with Crippen LogP contribution in [0.2, 0.25) is 0 Å². The van der Waals surface area contributed by atoms with Gasteiger partial charge in [0.25, 0.3) is 11.8 Å². The Morgan fingerprint density at radius 2 is 1.65 bits per heavy atom. The number of thiazole rings is 1.